The lowest BCUT2D eigenvalue weighted by atomic mass is 10.0. The molecular weight excluding hydrogens is 239 g/mol. The van der Waals surface area contributed by atoms with Gasteiger partial charge in [0.2, 0.25) is 0 Å². The highest BCUT2D eigenvalue weighted by Gasteiger charge is 2.11. The van der Waals surface area contributed by atoms with Crippen LogP contribution >= 0.6 is 0 Å². The van der Waals surface area contributed by atoms with E-state index in [2.05, 4.69) is 11.4 Å². The summed E-state index contributed by atoms with van der Waals surface area (Å²) in [4.78, 5) is 0. The summed E-state index contributed by atoms with van der Waals surface area (Å²) < 4.78 is 13.5. The normalized spacial score (nSPS) is 11.8. The summed E-state index contributed by atoms with van der Waals surface area (Å²) in [6, 6.07) is 18.5. The number of rotatable bonds is 5. The van der Waals surface area contributed by atoms with Crippen LogP contribution in [0.15, 0.2) is 54.6 Å². The van der Waals surface area contributed by atoms with Crippen molar-refractivity contribution >= 4 is 0 Å². The third-order valence-electron chi connectivity index (χ3n) is 2.99. The first kappa shape index (κ1) is 13.3. The van der Waals surface area contributed by atoms with Gasteiger partial charge in [0.25, 0.3) is 0 Å². The predicted octanol–water partition coefficient (Wildman–Crippen LogP) is 3.57. The molecule has 2 nitrogen and oxygen atoms in total. The smallest absolute Gasteiger partial charge is 0.127 e. The van der Waals surface area contributed by atoms with Crippen molar-refractivity contribution in [2.24, 2.45) is 0 Å². The Labute approximate surface area is 112 Å². The summed E-state index contributed by atoms with van der Waals surface area (Å²) >= 11 is 0. The van der Waals surface area contributed by atoms with E-state index in [4.69, 9.17) is 5.26 Å². The van der Waals surface area contributed by atoms with E-state index in [0.717, 1.165) is 5.56 Å². The van der Waals surface area contributed by atoms with Gasteiger partial charge in [0.1, 0.15) is 5.82 Å². The molecule has 0 saturated heterocycles. The van der Waals surface area contributed by atoms with Crippen LogP contribution in [0.1, 0.15) is 23.6 Å². The maximum Gasteiger partial charge on any atom is 0.127 e. The Kier molecular flexibility index (Phi) is 4.66. The number of nitrogens with zero attached hydrogens (tertiary/aromatic N) is 1. The fourth-order valence-electron chi connectivity index (χ4n) is 1.96. The summed E-state index contributed by atoms with van der Waals surface area (Å²) in [6.45, 7) is 0.411. The molecule has 1 N–H and O–H groups in total. The second-order valence-corrected chi connectivity index (χ2v) is 4.30. The minimum Gasteiger partial charge on any atom is -0.305 e. The van der Waals surface area contributed by atoms with E-state index >= 15 is 0 Å². The van der Waals surface area contributed by atoms with Crippen molar-refractivity contribution in [1.82, 2.24) is 5.32 Å². The summed E-state index contributed by atoms with van der Waals surface area (Å²) in [7, 11) is 0. The SMILES string of the molecule is N#CCC(NCc1ccccc1F)c1ccccc1. The summed E-state index contributed by atoms with van der Waals surface area (Å²) in [5.41, 5.74) is 1.65. The topological polar surface area (TPSA) is 35.8 Å². The summed E-state index contributed by atoms with van der Waals surface area (Å²) in [5.74, 6) is -0.223. The van der Waals surface area contributed by atoms with Crippen molar-refractivity contribution in [2.75, 3.05) is 0 Å². The molecule has 96 valence electrons. The number of hydrogen-bond donors (Lipinski definition) is 1. The molecule has 1 unspecified atom stereocenters. The lowest BCUT2D eigenvalue weighted by molar-refractivity contribution is 0.522. The van der Waals surface area contributed by atoms with E-state index in [-0.39, 0.29) is 11.9 Å². The van der Waals surface area contributed by atoms with Gasteiger partial charge >= 0.3 is 0 Å². The Hall–Kier alpha value is -2.18. The van der Waals surface area contributed by atoms with Gasteiger partial charge in [-0.2, -0.15) is 5.26 Å². The Morgan fingerprint density at radius 1 is 1.05 bits per heavy atom. The van der Waals surface area contributed by atoms with Crippen LogP contribution in [0.3, 0.4) is 0 Å². The zero-order valence-corrected chi connectivity index (χ0v) is 10.5. The van der Waals surface area contributed by atoms with Gasteiger partial charge in [-0.25, -0.2) is 4.39 Å². The van der Waals surface area contributed by atoms with Crippen molar-refractivity contribution < 1.29 is 4.39 Å². The van der Waals surface area contributed by atoms with Crippen LogP contribution in [-0.2, 0) is 6.54 Å². The highest BCUT2D eigenvalue weighted by molar-refractivity contribution is 5.21. The maximum absolute atomic E-state index is 13.5. The quantitative estimate of drug-likeness (QED) is 0.885. The molecule has 3 heteroatoms. The first-order valence-electron chi connectivity index (χ1n) is 6.20. The zero-order valence-electron chi connectivity index (χ0n) is 10.5. The largest absolute Gasteiger partial charge is 0.305 e. The van der Waals surface area contributed by atoms with Gasteiger partial charge in [-0.3, -0.25) is 0 Å². The van der Waals surface area contributed by atoms with Gasteiger partial charge in [0.15, 0.2) is 0 Å². The highest BCUT2D eigenvalue weighted by atomic mass is 19.1. The van der Waals surface area contributed by atoms with Gasteiger partial charge in [0.05, 0.1) is 12.5 Å². The second kappa shape index (κ2) is 6.67. The van der Waals surface area contributed by atoms with Crippen molar-refractivity contribution in [3.05, 3.63) is 71.5 Å². The third kappa shape index (κ3) is 3.64. The van der Waals surface area contributed by atoms with Gasteiger partial charge in [0, 0.05) is 18.2 Å². The molecule has 2 aromatic rings. The van der Waals surface area contributed by atoms with E-state index in [9.17, 15) is 4.39 Å². The molecule has 0 saturated carbocycles. The number of hydrogen-bond acceptors (Lipinski definition) is 2. The minimum atomic E-state index is -0.223. The van der Waals surface area contributed by atoms with Crippen LogP contribution in [0.5, 0.6) is 0 Å². The Morgan fingerprint density at radius 2 is 1.74 bits per heavy atom. The fraction of sp³-hybridized carbons (Fsp3) is 0.188. The molecule has 0 fully saturated rings. The van der Waals surface area contributed by atoms with Crippen LogP contribution in [0.25, 0.3) is 0 Å². The van der Waals surface area contributed by atoms with Crippen LogP contribution < -0.4 is 5.32 Å². The van der Waals surface area contributed by atoms with Crippen molar-refractivity contribution in [3.63, 3.8) is 0 Å². The number of nitriles is 1. The molecule has 0 aliphatic rings. The van der Waals surface area contributed by atoms with Gasteiger partial charge < -0.3 is 5.32 Å². The summed E-state index contributed by atoms with van der Waals surface area (Å²) in [6.07, 6.45) is 0.360. The lowest BCUT2D eigenvalue weighted by Crippen LogP contribution is -2.21. The molecule has 19 heavy (non-hydrogen) atoms. The van der Waals surface area contributed by atoms with E-state index in [1.165, 1.54) is 6.07 Å². The van der Waals surface area contributed by atoms with Gasteiger partial charge in [-0.1, -0.05) is 48.5 Å². The summed E-state index contributed by atoms with van der Waals surface area (Å²) in [5, 5.41) is 12.1. The first-order valence-corrected chi connectivity index (χ1v) is 6.20. The molecule has 1 atom stereocenters. The van der Waals surface area contributed by atoms with E-state index < -0.39 is 0 Å². The number of nitrogens with one attached hydrogen (secondary N) is 1. The van der Waals surface area contributed by atoms with Crippen LogP contribution in [0, 0.1) is 17.1 Å². The standard InChI is InChI=1S/C16H15FN2/c17-15-9-5-4-8-14(15)12-19-16(10-11-18)13-6-2-1-3-7-13/h1-9,16,19H,10,12H2. The Balaban J connectivity index is 2.07. The Morgan fingerprint density at radius 3 is 2.42 bits per heavy atom. The van der Waals surface area contributed by atoms with E-state index in [0.29, 0.717) is 18.5 Å². The van der Waals surface area contributed by atoms with Gasteiger partial charge in [-0.15, -0.1) is 0 Å². The van der Waals surface area contributed by atoms with Crippen molar-refractivity contribution in [1.29, 1.82) is 5.26 Å². The molecule has 0 aliphatic heterocycles. The lowest BCUT2D eigenvalue weighted by Gasteiger charge is -2.16. The highest BCUT2D eigenvalue weighted by Crippen LogP contribution is 2.17. The molecular formula is C16H15FN2. The molecule has 2 rings (SSSR count). The predicted molar refractivity (Wildman–Crippen MR) is 72.7 cm³/mol. The maximum atomic E-state index is 13.5. The molecule has 0 bridgehead atoms. The van der Waals surface area contributed by atoms with Crippen LogP contribution in [0.2, 0.25) is 0 Å². The van der Waals surface area contributed by atoms with Crippen molar-refractivity contribution in [2.45, 2.75) is 19.0 Å². The zero-order chi connectivity index (χ0) is 13.5. The van der Waals surface area contributed by atoms with E-state index in [1.54, 1.807) is 12.1 Å². The first-order chi connectivity index (χ1) is 9.31. The number of halogens is 1. The monoisotopic (exact) mass is 254 g/mol. The second-order valence-electron chi connectivity index (χ2n) is 4.30. The Bertz CT molecular complexity index is 560. The molecule has 0 heterocycles. The van der Waals surface area contributed by atoms with Crippen LogP contribution in [-0.4, -0.2) is 0 Å². The molecule has 0 aliphatic carbocycles. The molecule has 0 aromatic heterocycles. The van der Waals surface area contributed by atoms with Gasteiger partial charge in [-0.05, 0) is 11.6 Å². The van der Waals surface area contributed by atoms with E-state index in [1.807, 2.05) is 36.4 Å². The molecule has 0 spiro atoms. The van der Waals surface area contributed by atoms with Crippen molar-refractivity contribution in [3.8, 4) is 6.07 Å². The minimum absolute atomic E-state index is 0.0780. The average molecular weight is 254 g/mol. The third-order valence-corrected chi connectivity index (χ3v) is 2.99. The fourth-order valence-corrected chi connectivity index (χ4v) is 1.96. The molecule has 2 aromatic carbocycles. The molecule has 0 radical (unpaired) electrons. The average Bonchev–Trinajstić information content (AvgIpc) is 2.46. The molecule has 0 amide bonds. The number of benzene rings is 2. The van der Waals surface area contributed by atoms with Crippen LogP contribution in [0.4, 0.5) is 4.39 Å².